The Hall–Kier alpha value is -1.56. The van der Waals surface area contributed by atoms with Gasteiger partial charge in [0, 0.05) is 35.3 Å². The molecule has 1 saturated heterocycles. The Morgan fingerprint density at radius 2 is 2.24 bits per heavy atom. The smallest absolute Gasteiger partial charge is 0.315 e. The first-order valence-corrected chi connectivity index (χ1v) is 8.22. The lowest BCUT2D eigenvalue weighted by molar-refractivity contribution is -0.129. The molecule has 0 spiro atoms. The molecule has 1 fully saturated rings. The molecule has 1 aromatic heterocycles. The lowest BCUT2D eigenvalue weighted by Gasteiger charge is -2.18. The minimum Gasteiger partial charge on any atom is -0.341 e. The summed E-state index contributed by atoms with van der Waals surface area (Å²) in [5.41, 5.74) is 0. The van der Waals surface area contributed by atoms with Gasteiger partial charge in [0.05, 0.1) is 6.04 Å². The minimum atomic E-state index is -0.163. The van der Waals surface area contributed by atoms with Gasteiger partial charge in [0.2, 0.25) is 5.91 Å². The van der Waals surface area contributed by atoms with E-state index < -0.39 is 0 Å². The monoisotopic (exact) mass is 309 g/mol. The Labute approximate surface area is 129 Å². The second kappa shape index (κ2) is 6.93. The largest absolute Gasteiger partial charge is 0.341 e. The topological polar surface area (TPSA) is 61.4 Å². The maximum absolute atomic E-state index is 12.0. The molecule has 21 heavy (non-hydrogen) atoms. The van der Waals surface area contributed by atoms with Crippen molar-refractivity contribution >= 4 is 23.3 Å². The van der Waals surface area contributed by atoms with Crippen molar-refractivity contribution in [2.75, 3.05) is 13.1 Å². The summed E-state index contributed by atoms with van der Waals surface area (Å²) >= 11 is 1.69. The Balaban J connectivity index is 1.79. The maximum Gasteiger partial charge on any atom is 0.315 e. The van der Waals surface area contributed by atoms with Gasteiger partial charge in [-0.15, -0.1) is 11.3 Å². The highest BCUT2D eigenvalue weighted by Crippen LogP contribution is 2.22. The molecular formula is C15H23N3O2S. The van der Waals surface area contributed by atoms with Crippen LogP contribution in [0.25, 0.3) is 0 Å². The van der Waals surface area contributed by atoms with Gasteiger partial charge in [0.25, 0.3) is 0 Å². The molecule has 0 unspecified atom stereocenters. The molecule has 0 radical (unpaired) electrons. The predicted octanol–water partition coefficient (Wildman–Crippen LogP) is 2.43. The van der Waals surface area contributed by atoms with Gasteiger partial charge < -0.3 is 15.5 Å². The second-order valence-corrected chi connectivity index (χ2v) is 6.79. The van der Waals surface area contributed by atoms with E-state index in [2.05, 4.69) is 23.6 Å². The Morgan fingerprint density at radius 3 is 2.86 bits per heavy atom. The third-order valence-electron chi connectivity index (χ3n) is 3.71. The summed E-state index contributed by atoms with van der Waals surface area (Å²) in [6, 6.07) is 3.99. The number of thiophene rings is 1. The van der Waals surface area contributed by atoms with Crippen molar-refractivity contribution in [2.45, 2.75) is 45.7 Å². The third kappa shape index (κ3) is 4.20. The van der Waals surface area contributed by atoms with E-state index in [-0.39, 0.29) is 24.0 Å². The fourth-order valence-electron chi connectivity index (χ4n) is 2.51. The number of nitrogens with zero attached hydrogens (tertiary/aromatic N) is 1. The molecule has 2 heterocycles. The number of hydrogen-bond acceptors (Lipinski definition) is 3. The standard InChI is InChI=1S/C15H23N3O2S/c1-4-14(19)18-8-7-12(9-18)17-15(20)16-11(3)13-6-5-10(2)21-13/h5-6,11-12H,4,7-9H2,1-3H3,(H2,16,17,20)/t11-,12+/m0/s1. The van der Waals surface area contributed by atoms with Crippen LogP contribution in [0.3, 0.4) is 0 Å². The van der Waals surface area contributed by atoms with Crippen LogP contribution in [0.1, 0.15) is 42.5 Å². The van der Waals surface area contributed by atoms with Crippen LogP contribution in [-0.2, 0) is 4.79 Å². The Kier molecular flexibility index (Phi) is 5.22. The van der Waals surface area contributed by atoms with Crippen molar-refractivity contribution in [1.82, 2.24) is 15.5 Å². The fourth-order valence-corrected chi connectivity index (χ4v) is 3.39. The fraction of sp³-hybridized carbons (Fsp3) is 0.600. The molecule has 0 saturated carbocycles. The third-order valence-corrected chi connectivity index (χ3v) is 4.90. The molecule has 2 atom stereocenters. The van der Waals surface area contributed by atoms with E-state index in [1.165, 1.54) is 4.88 Å². The molecule has 6 heteroatoms. The van der Waals surface area contributed by atoms with Crippen molar-refractivity contribution in [3.63, 3.8) is 0 Å². The van der Waals surface area contributed by atoms with Crippen molar-refractivity contribution in [1.29, 1.82) is 0 Å². The zero-order chi connectivity index (χ0) is 15.4. The number of hydrogen-bond donors (Lipinski definition) is 2. The van der Waals surface area contributed by atoms with Crippen molar-refractivity contribution in [3.05, 3.63) is 21.9 Å². The zero-order valence-corrected chi connectivity index (χ0v) is 13.6. The van der Waals surface area contributed by atoms with Gasteiger partial charge in [-0.2, -0.15) is 0 Å². The first-order chi connectivity index (χ1) is 9.99. The summed E-state index contributed by atoms with van der Waals surface area (Å²) in [6.45, 7) is 7.25. The molecule has 1 aliphatic heterocycles. The zero-order valence-electron chi connectivity index (χ0n) is 12.8. The number of urea groups is 1. The van der Waals surface area contributed by atoms with Gasteiger partial charge in [-0.1, -0.05) is 6.92 Å². The lowest BCUT2D eigenvalue weighted by Crippen LogP contribution is -2.44. The summed E-state index contributed by atoms with van der Waals surface area (Å²) in [6.07, 6.45) is 1.35. The van der Waals surface area contributed by atoms with Crippen LogP contribution in [-0.4, -0.2) is 36.0 Å². The van der Waals surface area contributed by atoms with Crippen molar-refractivity contribution < 1.29 is 9.59 Å². The summed E-state index contributed by atoms with van der Waals surface area (Å²) in [5.74, 6) is 0.155. The highest BCUT2D eigenvalue weighted by Gasteiger charge is 2.26. The number of nitrogens with one attached hydrogen (secondary N) is 2. The Bertz CT molecular complexity index is 515. The highest BCUT2D eigenvalue weighted by atomic mass is 32.1. The summed E-state index contributed by atoms with van der Waals surface area (Å²) in [4.78, 5) is 27.8. The van der Waals surface area contributed by atoms with Gasteiger partial charge >= 0.3 is 6.03 Å². The Morgan fingerprint density at radius 1 is 1.48 bits per heavy atom. The molecule has 0 aliphatic carbocycles. The van der Waals surface area contributed by atoms with E-state index in [1.807, 2.05) is 24.8 Å². The number of aryl methyl sites for hydroxylation is 1. The normalized spacial score (nSPS) is 19.4. The lowest BCUT2D eigenvalue weighted by atomic mass is 10.2. The molecule has 3 amide bonds. The number of amides is 3. The first kappa shape index (κ1) is 15.8. The summed E-state index contributed by atoms with van der Waals surface area (Å²) in [7, 11) is 0. The van der Waals surface area contributed by atoms with Gasteiger partial charge in [0.1, 0.15) is 0 Å². The maximum atomic E-state index is 12.0. The number of carbonyl (C=O) groups excluding carboxylic acids is 2. The molecule has 5 nitrogen and oxygen atoms in total. The second-order valence-electron chi connectivity index (χ2n) is 5.47. The van der Waals surface area contributed by atoms with Crippen LogP contribution in [0.4, 0.5) is 4.79 Å². The van der Waals surface area contributed by atoms with E-state index in [0.29, 0.717) is 13.0 Å². The average molecular weight is 309 g/mol. The summed E-state index contributed by atoms with van der Waals surface area (Å²) in [5, 5.41) is 5.91. The number of carbonyl (C=O) groups is 2. The SMILES string of the molecule is CCC(=O)N1CC[C@@H](NC(=O)N[C@@H](C)c2ccc(C)s2)C1. The number of likely N-dealkylation sites (tertiary alicyclic amines) is 1. The van der Waals surface area contributed by atoms with Gasteiger partial charge in [-0.3, -0.25) is 4.79 Å². The quantitative estimate of drug-likeness (QED) is 0.897. The highest BCUT2D eigenvalue weighted by molar-refractivity contribution is 7.12. The predicted molar refractivity (Wildman–Crippen MR) is 84.4 cm³/mol. The van der Waals surface area contributed by atoms with Gasteiger partial charge in [-0.25, -0.2) is 4.79 Å². The van der Waals surface area contributed by atoms with E-state index in [4.69, 9.17) is 0 Å². The first-order valence-electron chi connectivity index (χ1n) is 7.40. The van der Waals surface area contributed by atoms with Crippen LogP contribution in [0.5, 0.6) is 0 Å². The average Bonchev–Trinajstić information content (AvgIpc) is 3.07. The molecule has 1 aromatic rings. The van der Waals surface area contributed by atoms with Crippen LogP contribution in [0, 0.1) is 6.92 Å². The molecular weight excluding hydrogens is 286 g/mol. The van der Waals surface area contributed by atoms with Crippen LogP contribution in [0.2, 0.25) is 0 Å². The van der Waals surface area contributed by atoms with E-state index in [0.717, 1.165) is 17.8 Å². The van der Waals surface area contributed by atoms with Crippen molar-refractivity contribution in [3.8, 4) is 0 Å². The molecule has 1 aliphatic rings. The van der Waals surface area contributed by atoms with Crippen LogP contribution >= 0.6 is 11.3 Å². The summed E-state index contributed by atoms with van der Waals surface area (Å²) < 4.78 is 0. The van der Waals surface area contributed by atoms with E-state index in [9.17, 15) is 9.59 Å². The van der Waals surface area contributed by atoms with Crippen LogP contribution in [0.15, 0.2) is 12.1 Å². The molecule has 0 aromatic carbocycles. The van der Waals surface area contributed by atoms with Crippen LogP contribution < -0.4 is 10.6 Å². The minimum absolute atomic E-state index is 0.00141. The molecule has 0 bridgehead atoms. The molecule has 2 rings (SSSR count). The van der Waals surface area contributed by atoms with E-state index in [1.54, 1.807) is 11.3 Å². The number of rotatable bonds is 4. The van der Waals surface area contributed by atoms with Crippen molar-refractivity contribution in [2.24, 2.45) is 0 Å². The van der Waals surface area contributed by atoms with Gasteiger partial charge in [-0.05, 0) is 32.4 Å². The van der Waals surface area contributed by atoms with E-state index >= 15 is 0 Å². The molecule has 2 N–H and O–H groups in total. The van der Waals surface area contributed by atoms with Gasteiger partial charge in [0.15, 0.2) is 0 Å². The molecule has 116 valence electrons.